The molecule has 0 radical (unpaired) electrons. The van der Waals surface area contributed by atoms with Crippen LogP contribution in [0.3, 0.4) is 0 Å². The Hall–Kier alpha value is -0.790. The fraction of sp³-hybridized carbons (Fsp3) is 0. The fourth-order valence-corrected chi connectivity index (χ4v) is 1.03. The lowest BCUT2D eigenvalue weighted by Gasteiger charge is -1.91. The highest BCUT2D eigenvalue weighted by Crippen LogP contribution is 2.09. The number of hydrogen-bond acceptors (Lipinski definition) is 1. The highest BCUT2D eigenvalue weighted by molar-refractivity contribution is 5.85. The molecule has 0 saturated carbocycles. The third-order valence-electron chi connectivity index (χ3n) is 1.55. The van der Waals surface area contributed by atoms with Crippen molar-refractivity contribution in [2.45, 2.75) is 0 Å². The molecule has 0 bridgehead atoms. The number of aromatic nitrogens is 1. The Morgan fingerprint density at radius 1 is 0.833 bits per heavy atom. The van der Waals surface area contributed by atoms with Crippen LogP contribution in [-0.2, 0) is 0 Å². The molecule has 2 rings (SSSR count). The first-order valence-electron chi connectivity index (χ1n) is 3.25. The third kappa shape index (κ3) is 2.10. The van der Waals surface area contributed by atoms with Gasteiger partial charge in [-0.15, -0.1) is 24.8 Å². The van der Waals surface area contributed by atoms with Gasteiger partial charge in [-0.2, -0.15) is 0 Å². The summed E-state index contributed by atoms with van der Waals surface area (Å²) in [5.41, 5.74) is 0. The van der Waals surface area contributed by atoms with E-state index in [-0.39, 0.29) is 24.8 Å². The summed E-state index contributed by atoms with van der Waals surface area (Å²) in [7, 11) is 0. The molecule has 0 aliphatic carbocycles. The molecule has 2 aromatic rings. The SMILES string of the molecule is Cl.Cl.c1ccc2cnccc2c1. The summed E-state index contributed by atoms with van der Waals surface area (Å²) >= 11 is 0. The Morgan fingerprint density at radius 3 is 2.17 bits per heavy atom. The molecule has 1 aromatic carbocycles. The highest BCUT2D eigenvalue weighted by Gasteiger charge is 1.86. The van der Waals surface area contributed by atoms with E-state index in [1.54, 1.807) is 0 Å². The number of halogens is 2. The van der Waals surface area contributed by atoms with Crippen LogP contribution < -0.4 is 0 Å². The lowest BCUT2D eigenvalue weighted by atomic mass is 10.2. The van der Waals surface area contributed by atoms with Crippen molar-refractivity contribution in [3.05, 3.63) is 42.7 Å². The maximum absolute atomic E-state index is 4.01. The maximum atomic E-state index is 4.01. The Labute approximate surface area is 83.6 Å². The molecule has 1 aromatic heterocycles. The van der Waals surface area contributed by atoms with Gasteiger partial charge in [0.1, 0.15) is 0 Å². The molecule has 0 aliphatic heterocycles. The van der Waals surface area contributed by atoms with Crippen molar-refractivity contribution in [3.8, 4) is 0 Å². The quantitative estimate of drug-likeness (QED) is 0.639. The average molecular weight is 202 g/mol. The Balaban J connectivity index is 0.000000605. The summed E-state index contributed by atoms with van der Waals surface area (Å²) in [6.45, 7) is 0. The van der Waals surface area contributed by atoms with Crippen LogP contribution in [-0.4, -0.2) is 4.98 Å². The number of pyridine rings is 1. The minimum atomic E-state index is 0. The topological polar surface area (TPSA) is 12.9 Å². The first-order chi connectivity index (χ1) is 4.97. The average Bonchev–Trinajstić information content (AvgIpc) is 2.05. The summed E-state index contributed by atoms with van der Waals surface area (Å²) in [5, 5.41) is 2.45. The number of hydrogen-bond donors (Lipinski definition) is 0. The third-order valence-corrected chi connectivity index (χ3v) is 1.55. The van der Waals surface area contributed by atoms with Crippen molar-refractivity contribution in [3.63, 3.8) is 0 Å². The molecular weight excluding hydrogens is 193 g/mol. The first kappa shape index (κ1) is 11.2. The van der Waals surface area contributed by atoms with E-state index in [1.807, 2.05) is 30.6 Å². The summed E-state index contributed by atoms with van der Waals surface area (Å²) in [5.74, 6) is 0. The van der Waals surface area contributed by atoms with Gasteiger partial charge in [0.25, 0.3) is 0 Å². The molecule has 0 amide bonds. The van der Waals surface area contributed by atoms with Gasteiger partial charge in [0.05, 0.1) is 0 Å². The zero-order chi connectivity index (χ0) is 6.81. The van der Waals surface area contributed by atoms with Crippen LogP contribution in [0.5, 0.6) is 0 Å². The maximum Gasteiger partial charge on any atom is 0.0346 e. The molecule has 1 heterocycles. The zero-order valence-corrected chi connectivity index (χ0v) is 7.94. The molecule has 1 nitrogen and oxygen atoms in total. The number of nitrogens with zero attached hydrogens (tertiary/aromatic N) is 1. The van der Waals surface area contributed by atoms with Gasteiger partial charge in [-0.05, 0) is 16.8 Å². The Bertz CT molecular complexity index is 284. The van der Waals surface area contributed by atoms with Crippen molar-refractivity contribution in [2.75, 3.05) is 0 Å². The number of rotatable bonds is 0. The molecule has 12 heavy (non-hydrogen) atoms. The molecule has 0 spiro atoms. The predicted molar refractivity (Wildman–Crippen MR) is 56.2 cm³/mol. The minimum absolute atomic E-state index is 0. The standard InChI is InChI=1S/C9H7N.2ClH/c1-2-4-9-7-10-6-5-8(9)3-1;;/h1-7H;2*1H. The lowest BCUT2D eigenvalue weighted by Crippen LogP contribution is -1.71. The fourth-order valence-electron chi connectivity index (χ4n) is 1.03. The van der Waals surface area contributed by atoms with Gasteiger partial charge in [-0.25, -0.2) is 0 Å². The number of fused-ring (bicyclic) bond motifs is 1. The van der Waals surface area contributed by atoms with E-state index >= 15 is 0 Å². The van der Waals surface area contributed by atoms with E-state index in [0.29, 0.717) is 0 Å². The van der Waals surface area contributed by atoms with E-state index in [2.05, 4.69) is 17.1 Å². The zero-order valence-electron chi connectivity index (χ0n) is 6.31. The largest absolute Gasteiger partial charge is 0.264 e. The van der Waals surface area contributed by atoms with E-state index in [1.165, 1.54) is 10.8 Å². The Kier molecular flexibility index (Phi) is 4.64. The molecule has 3 heteroatoms. The van der Waals surface area contributed by atoms with Gasteiger partial charge >= 0.3 is 0 Å². The van der Waals surface area contributed by atoms with Gasteiger partial charge in [0, 0.05) is 12.4 Å². The van der Waals surface area contributed by atoms with E-state index in [0.717, 1.165) is 0 Å². The number of benzene rings is 1. The van der Waals surface area contributed by atoms with Crippen LogP contribution in [0, 0.1) is 0 Å². The van der Waals surface area contributed by atoms with Crippen LogP contribution in [0.25, 0.3) is 10.8 Å². The van der Waals surface area contributed by atoms with E-state index in [9.17, 15) is 0 Å². The van der Waals surface area contributed by atoms with Gasteiger partial charge in [0.2, 0.25) is 0 Å². The molecule has 0 saturated heterocycles. The normalized spacial score (nSPS) is 8.33. The van der Waals surface area contributed by atoms with Crippen LogP contribution >= 0.6 is 24.8 Å². The van der Waals surface area contributed by atoms with Gasteiger partial charge < -0.3 is 0 Å². The van der Waals surface area contributed by atoms with E-state index < -0.39 is 0 Å². The van der Waals surface area contributed by atoms with Gasteiger partial charge in [-0.1, -0.05) is 24.3 Å². The second-order valence-electron chi connectivity index (χ2n) is 2.22. The molecule has 0 N–H and O–H groups in total. The second-order valence-corrected chi connectivity index (χ2v) is 2.22. The van der Waals surface area contributed by atoms with Crippen molar-refractivity contribution in [1.82, 2.24) is 4.98 Å². The van der Waals surface area contributed by atoms with Crippen molar-refractivity contribution in [2.24, 2.45) is 0 Å². The molecule has 0 unspecified atom stereocenters. The molecule has 0 fully saturated rings. The van der Waals surface area contributed by atoms with Gasteiger partial charge in [0.15, 0.2) is 0 Å². The monoisotopic (exact) mass is 201 g/mol. The lowest BCUT2D eigenvalue weighted by molar-refractivity contribution is 1.36. The Morgan fingerprint density at radius 2 is 1.50 bits per heavy atom. The first-order valence-corrected chi connectivity index (χ1v) is 3.25. The van der Waals surface area contributed by atoms with Crippen LogP contribution in [0.1, 0.15) is 0 Å². The van der Waals surface area contributed by atoms with Crippen molar-refractivity contribution in [1.29, 1.82) is 0 Å². The minimum Gasteiger partial charge on any atom is -0.264 e. The summed E-state index contributed by atoms with van der Waals surface area (Å²) in [6.07, 6.45) is 3.68. The summed E-state index contributed by atoms with van der Waals surface area (Å²) in [4.78, 5) is 4.01. The van der Waals surface area contributed by atoms with E-state index in [4.69, 9.17) is 0 Å². The molecule has 64 valence electrons. The summed E-state index contributed by atoms with van der Waals surface area (Å²) < 4.78 is 0. The second kappa shape index (κ2) is 4.96. The van der Waals surface area contributed by atoms with Crippen molar-refractivity contribution < 1.29 is 0 Å². The molecular formula is C9H9Cl2N. The molecule has 0 atom stereocenters. The van der Waals surface area contributed by atoms with Crippen LogP contribution in [0.15, 0.2) is 42.7 Å². The highest BCUT2D eigenvalue weighted by atomic mass is 35.5. The summed E-state index contributed by atoms with van der Waals surface area (Å²) in [6, 6.07) is 10.2. The van der Waals surface area contributed by atoms with Gasteiger partial charge in [-0.3, -0.25) is 4.98 Å². The molecule has 0 aliphatic rings. The van der Waals surface area contributed by atoms with Crippen molar-refractivity contribution >= 4 is 35.6 Å². The van der Waals surface area contributed by atoms with Crippen LogP contribution in [0.4, 0.5) is 0 Å². The smallest absolute Gasteiger partial charge is 0.0346 e. The van der Waals surface area contributed by atoms with Crippen LogP contribution in [0.2, 0.25) is 0 Å². The predicted octanol–water partition coefficient (Wildman–Crippen LogP) is 3.08.